The van der Waals surface area contributed by atoms with Crippen molar-refractivity contribution in [2.45, 2.75) is 51.5 Å². The van der Waals surface area contributed by atoms with E-state index in [0.29, 0.717) is 12.0 Å². The van der Waals surface area contributed by atoms with Crippen molar-refractivity contribution in [2.75, 3.05) is 13.1 Å². The molecule has 1 rings (SSSR count). The quantitative estimate of drug-likeness (QED) is 0.653. The van der Waals surface area contributed by atoms with Gasteiger partial charge in [-0.1, -0.05) is 26.2 Å². The van der Waals surface area contributed by atoms with Crippen molar-refractivity contribution >= 4 is 24.2 Å². The van der Waals surface area contributed by atoms with Crippen LogP contribution in [0.4, 0.5) is 0 Å². The van der Waals surface area contributed by atoms with Gasteiger partial charge < -0.3 is 16.4 Å². The van der Waals surface area contributed by atoms with E-state index >= 15 is 0 Å². The second-order valence-electron chi connectivity index (χ2n) is 4.99. The Balaban J connectivity index is 0.00000324. The molecule has 5 nitrogen and oxygen atoms in total. The van der Waals surface area contributed by atoms with E-state index in [4.69, 9.17) is 5.73 Å². The van der Waals surface area contributed by atoms with Gasteiger partial charge in [0, 0.05) is 6.04 Å². The van der Waals surface area contributed by atoms with Crippen molar-refractivity contribution in [3.63, 3.8) is 0 Å². The zero-order valence-corrected chi connectivity index (χ0v) is 12.4. The highest BCUT2D eigenvalue weighted by Crippen LogP contribution is 2.29. The van der Waals surface area contributed by atoms with Gasteiger partial charge in [-0.05, 0) is 25.2 Å². The normalized spacial score (nSPS) is 21.6. The number of nitrogens with one attached hydrogen (secondary N) is 2. The summed E-state index contributed by atoms with van der Waals surface area (Å²) in [6, 6.07) is 0.291. The Kier molecular flexibility index (Phi) is 9.61. The third kappa shape index (κ3) is 6.78. The summed E-state index contributed by atoms with van der Waals surface area (Å²) in [5.74, 6) is 0.211. The molecule has 0 aromatic heterocycles. The second kappa shape index (κ2) is 10.0. The Morgan fingerprint density at radius 1 is 1.26 bits per heavy atom. The summed E-state index contributed by atoms with van der Waals surface area (Å²) in [6.07, 6.45) is 7.07. The first-order valence-electron chi connectivity index (χ1n) is 6.93. The van der Waals surface area contributed by atoms with E-state index in [1.807, 2.05) is 0 Å². The molecule has 2 amide bonds. The highest BCUT2D eigenvalue weighted by molar-refractivity contribution is 5.85. The van der Waals surface area contributed by atoms with Gasteiger partial charge in [-0.25, -0.2) is 0 Å². The number of amides is 2. The molecule has 1 fully saturated rings. The van der Waals surface area contributed by atoms with Gasteiger partial charge in [0.25, 0.3) is 0 Å². The van der Waals surface area contributed by atoms with E-state index in [0.717, 1.165) is 6.42 Å². The molecule has 1 aliphatic carbocycles. The number of hydrogen-bond donors (Lipinski definition) is 3. The van der Waals surface area contributed by atoms with Crippen LogP contribution in [0.1, 0.15) is 45.4 Å². The van der Waals surface area contributed by atoms with Gasteiger partial charge in [0.15, 0.2) is 0 Å². The van der Waals surface area contributed by atoms with Gasteiger partial charge in [-0.3, -0.25) is 9.59 Å². The molecule has 1 aliphatic rings. The molecule has 0 heterocycles. The third-order valence-corrected chi connectivity index (χ3v) is 3.57. The summed E-state index contributed by atoms with van der Waals surface area (Å²) in [6.45, 7) is 2.15. The molecule has 0 aliphatic heterocycles. The minimum Gasteiger partial charge on any atom is -0.352 e. The van der Waals surface area contributed by atoms with E-state index < -0.39 is 0 Å². The maximum atomic E-state index is 11.7. The predicted molar refractivity (Wildman–Crippen MR) is 78.1 cm³/mol. The van der Waals surface area contributed by atoms with Gasteiger partial charge in [0.1, 0.15) is 0 Å². The van der Waals surface area contributed by atoms with Crippen LogP contribution in [-0.2, 0) is 9.59 Å². The molecule has 2 unspecified atom stereocenters. The van der Waals surface area contributed by atoms with E-state index in [1.165, 1.54) is 32.1 Å². The SMILES string of the molecule is CCCCC1CCCC1NC(=O)CNC(=O)CN.Cl. The topological polar surface area (TPSA) is 84.2 Å². The van der Waals surface area contributed by atoms with Crippen molar-refractivity contribution < 1.29 is 9.59 Å². The Hall–Kier alpha value is -0.810. The number of carbonyl (C=O) groups is 2. The first kappa shape index (κ1) is 18.2. The largest absolute Gasteiger partial charge is 0.352 e. The fourth-order valence-corrected chi connectivity index (χ4v) is 2.55. The monoisotopic (exact) mass is 291 g/mol. The summed E-state index contributed by atoms with van der Waals surface area (Å²) in [5.41, 5.74) is 5.16. The average molecular weight is 292 g/mol. The first-order chi connectivity index (χ1) is 8.67. The van der Waals surface area contributed by atoms with Gasteiger partial charge in [-0.2, -0.15) is 0 Å². The van der Waals surface area contributed by atoms with Crippen LogP contribution in [0.15, 0.2) is 0 Å². The molecule has 0 spiro atoms. The number of unbranched alkanes of at least 4 members (excludes halogenated alkanes) is 1. The number of hydrogen-bond acceptors (Lipinski definition) is 3. The van der Waals surface area contributed by atoms with Crippen molar-refractivity contribution in [3.05, 3.63) is 0 Å². The van der Waals surface area contributed by atoms with Crippen LogP contribution < -0.4 is 16.4 Å². The Morgan fingerprint density at radius 3 is 2.63 bits per heavy atom. The summed E-state index contributed by atoms with van der Waals surface area (Å²) < 4.78 is 0. The minimum absolute atomic E-state index is 0. The van der Waals surface area contributed by atoms with E-state index in [-0.39, 0.29) is 37.3 Å². The lowest BCUT2D eigenvalue weighted by atomic mass is 9.97. The molecule has 2 atom stereocenters. The van der Waals surface area contributed by atoms with Crippen molar-refractivity contribution in [2.24, 2.45) is 11.7 Å². The van der Waals surface area contributed by atoms with Crippen LogP contribution in [0.5, 0.6) is 0 Å². The first-order valence-corrected chi connectivity index (χ1v) is 6.93. The Bertz CT molecular complexity index is 287. The van der Waals surface area contributed by atoms with Crippen LogP contribution in [0.2, 0.25) is 0 Å². The zero-order valence-electron chi connectivity index (χ0n) is 11.6. The van der Waals surface area contributed by atoms with Crippen LogP contribution >= 0.6 is 12.4 Å². The predicted octanol–water partition coefficient (Wildman–Crippen LogP) is 0.958. The van der Waals surface area contributed by atoms with Gasteiger partial charge in [0.2, 0.25) is 11.8 Å². The Morgan fingerprint density at radius 2 is 2.00 bits per heavy atom. The molecular weight excluding hydrogens is 266 g/mol. The second-order valence-corrected chi connectivity index (χ2v) is 4.99. The smallest absolute Gasteiger partial charge is 0.239 e. The summed E-state index contributed by atoms with van der Waals surface area (Å²) >= 11 is 0. The maximum absolute atomic E-state index is 11.7. The van der Waals surface area contributed by atoms with Gasteiger partial charge in [-0.15, -0.1) is 12.4 Å². The summed E-state index contributed by atoms with van der Waals surface area (Å²) in [5, 5.41) is 5.51. The van der Waals surface area contributed by atoms with Crippen LogP contribution in [0.3, 0.4) is 0 Å². The fraction of sp³-hybridized carbons (Fsp3) is 0.846. The zero-order chi connectivity index (χ0) is 13.4. The van der Waals surface area contributed by atoms with E-state index in [9.17, 15) is 9.59 Å². The lowest BCUT2D eigenvalue weighted by Crippen LogP contribution is -2.44. The van der Waals surface area contributed by atoms with E-state index in [1.54, 1.807) is 0 Å². The molecule has 1 saturated carbocycles. The number of rotatable bonds is 7. The number of nitrogens with two attached hydrogens (primary N) is 1. The lowest BCUT2D eigenvalue weighted by molar-refractivity contribution is -0.125. The molecule has 0 aromatic rings. The van der Waals surface area contributed by atoms with Crippen LogP contribution in [-0.4, -0.2) is 30.9 Å². The third-order valence-electron chi connectivity index (χ3n) is 3.57. The highest BCUT2D eigenvalue weighted by atomic mass is 35.5. The molecule has 19 heavy (non-hydrogen) atoms. The van der Waals surface area contributed by atoms with Crippen molar-refractivity contribution in [1.29, 1.82) is 0 Å². The maximum Gasteiger partial charge on any atom is 0.239 e. The molecule has 112 valence electrons. The number of halogens is 1. The Labute approximate surface area is 121 Å². The van der Waals surface area contributed by atoms with Crippen molar-refractivity contribution in [3.8, 4) is 0 Å². The highest BCUT2D eigenvalue weighted by Gasteiger charge is 2.27. The average Bonchev–Trinajstić information content (AvgIpc) is 2.80. The molecule has 0 radical (unpaired) electrons. The molecule has 0 aromatic carbocycles. The van der Waals surface area contributed by atoms with Crippen molar-refractivity contribution in [1.82, 2.24) is 10.6 Å². The van der Waals surface area contributed by atoms with Gasteiger partial charge >= 0.3 is 0 Å². The standard InChI is InChI=1S/C13H25N3O2.ClH/c1-2-3-5-10-6-4-7-11(10)16-13(18)9-15-12(17)8-14;/h10-11H,2-9,14H2,1H3,(H,15,17)(H,16,18);1H. The van der Waals surface area contributed by atoms with Gasteiger partial charge in [0.05, 0.1) is 13.1 Å². The van der Waals surface area contributed by atoms with E-state index in [2.05, 4.69) is 17.6 Å². The minimum atomic E-state index is -0.292. The molecule has 6 heteroatoms. The summed E-state index contributed by atoms with van der Waals surface area (Å²) in [4.78, 5) is 22.6. The fourth-order valence-electron chi connectivity index (χ4n) is 2.55. The molecular formula is C13H26ClN3O2. The van der Waals surface area contributed by atoms with Crippen LogP contribution in [0.25, 0.3) is 0 Å². The summed E-state index contributed by atoms with van der Waals surface area (Å²) in [7, 11) is 0. The molecule has 0 bridgehead atoms. The molecule has 4 N–H and O–H groups in total. The van der Waals surface area contributed by atoms with Crippen LogP contribution in [0, 0.1) is 5.92 Å². The lowest BCUT2D eigenvalue weighted by Gasteiger charge is -2.21. The molecule has 0 saturated heterocycles. The number of carbonyl (C=O) groups excluding carboxylic acids is 2.